The third kappa shape index (κ3) is 5.49. The molecule has 0 bridgehead atoms. The average Bonchev–Trinajstić information content (AvgIpc) is 2.31. The number of phenolic OH excluding ortho intramolecular Hbond substituents is 1. The van der Waals surface area contributed by atoms with E-state index in [1.165, 1.54) is 18.4 Å². The summed E-state index contributed by atoms with van der Waals surface area (Å²) in [4.78, 5) is 0. The van der Waals surface area contributed by atoms with Gasteiger partial charge in [0.25, 0.3) is 0 Å². The zero-order valence-corrected chi connectivity index (χ0v) is 10.9. The number of hydrogen-bond acceptors (Lipinski definition) is 4. The Bertz CT molecular complexity index is 353. The van der Waals surface area contributed by atoms with Gasteiger partial charge in [0.05, 0.1) is 0 Å². The Hall–Kier alpha value is -1.10. The van der Waals surface area contributed by atoms with E-state index in [-0.39, 0.29) is 12.3 Å². The molecule has 0 saturated heterocycles. The number of aliphatic hydroxyl groups is 2. The number of rotatable bonds is 8. The van der Waals surface area contributed by atoms with Crippen molar-refractivity contribution in [3.05, 3.63) is 29.3 Å². The molecule has 0 aliphatic carbocycles. The lowest BCUT2D eigenvalue weighted by molar-refractivity contribution is -0.0373. The van der Waals surface area contributed by atoms with Crippen molar-refractivity contribution < 1.29 is 15.3 Å². The van der Waals surface area contributed by atoms with Gasteiger partial charge in [-0.3, -0.25) is 0 Å². The minimum absolute atomic E-state index is 0.129. The lowest BCUT2D eigenvalue weighted by Crippen LogP contribution is -2.26. The van der Waals surface area contributed by atoms with Crippen LogP contribution in [-0.4, -0.2) is 28.2 Å². The molecule has 0 aliphatic rings. The summed E-state index contributed by atoms with van der Waals surface area (Å²) in [6.45, 7) is 2.83. The van der Waals surface area contributed by atoms with E-state index < -0.39 is 6.29 Å². The summed E-state index contributed by atoms with van der Waals surface area (Å²) >= 11 is 0. The lowest BCUT2D eigenvalue weighted by Gasteiger charge is -2.12. The molecule has 18 heavy (non-hydrogen) atoms. The van der Waals surface area contributed by atoms with Gasteiger partial charge in [0, 0.05) is 13.1 Å². The summed E-state index contributed by atoms with van der Waals surface area (Å²) in [7, 11) is 0. The average molecular weight is 253 g/mol. The fraction of sp³-hybridized carbons (Fsp3) is 0.571. The summed E-state index contributed by atoms with van der Waals surface area (Å²) < 4.78 is 0. The van der Waals surface area contributed by atoms with E-state index in [0.717, 1.165) is 18.4 Å². The van der Waals surface area contributed by atoms with Gasteiger partial charge in [-0.05, 0) is 36.1 Å². The first-order valence-electron chi connectivity index (χ1n) is 6.51. The van der Waals surface area contributed by atoms with Crippen molar-refractivity contribution in [1.82, 2.24) is 5.32 Å². The Morgan fingerprint density at radius 2 is 1.94 bits per heavy atom. The van der Waals surface area contributed by atoms with Crippen LogP contribution in [0.15, 0.2) is 18.2 Å². The Morgan fingerprint density at radius 1 is 1.17 bits per heavy atom. The van der Waals surface area contributed by atoms with Crippen molar-refractivity contribution in [3.8, 4) is 5.75 Å². The standard InChI is InChI=1S/C14H23NO3/c1-2-3-4-5-11-6-7-13(16)8-12(11)9-15-10-14(17)18/h6-8,14-18H,2-5,9-10H2,1H3. The molecular weight excluding hydrogens is 230 g/mol. The highest BCUT2D eigenvalue weighted by Gasteiger charge is 2.05. The van der Waals surface area contributed by atoms with Crippen LogP contribution in [-0.2, 0) is 13.0 Å². The molecule has 102 valence electrons. The summed E-state index contributed by atoms with van der Waals surface area (Å²) in [6, 6.07) is 5.38. The smallest absolute Gasteiger partial charge is 0.164 e. The number of aromatic hydroxyl groups is 1. The first kappa shape index (κ1) is 15.0. The van der Waals surface area contributed by atoms with Crippen LogP contribution in [0.3, 0.4) is 0 Å². The highest BCUT2D eigenvalue weighted by molar-refractivity contribution is 5.35. The highest BCUT2D eigenvalue weighted by Crippen LogP contribution is 2.18. The fourth-order valence-corrected chi connectivity index (χ4v) is 1.92. The van der Waals surface area contributed by atoms with Crippen molar-refractivity contribution in [2.45, 2.75) is 45.4 Å². The van der Waals surface area contributed by atoms with Gasteiger partial charge in [-0.2, -0.15) is 0 Å². The molecule has 0 amide bonds. The maximum Gasteiger partial charge on any atom is 0.164 e. The zero-order chi connectivity index (χ0) is 13.4. The molecule has 0 radical (unpaired) electrons. The molecule has 1 aromatic rings. The molecular formula is C14H23NO3. The topological polar surface area (TPSA) is 72.7 Å². The summed E-state index contributed by atoms with van der Waals surface area (Å²) in [5.41, 5.74) is 2.23. The van der Waals surface area contributed by atoms with E-state index in [4.69, 9.17) is 10.2 Å². The van der Waals surface area contributed by atoms with Crippen molar-refractivity contribution >= 4 is 0 Å². The van der Waals surface area contributed by atoms with Crippen LogP contribution in [0.25, 0.3) is 0 Å². The normalized spacial score (nSPS) is 11.1. The van der Waals surface area contributed by atoms with Gasteiger partial charge in [-0.25, -0.2) is 0 Å². The molecule has 1 rings (SSSR count). The van der Waals surface area contributed by atoms with Crippen LogP contribution < -0.4 is 5.32 Å². The third-order valence-corrected chi connectivity index (χ3v) is 2.88. The second-order valence-corrected chi connectivity index (χ2v) is 4.52. The van der Waals surface area contributed by atoms with E-state index in [9.17, 15) is 5.11 Å². The van der Waals surface area contributed by atoms with Crippen molar-refractivity contribution in [3.63, 3.8) is 0 Å². The summed E-state index contributed by atoms with van der Waals surface area (Å²) in [5, 5.41) is 30.0. The third-order valence-electron chi connectivity index (χ3n) is 2.88. The monoisotopic (exact) mass is 253 g/mol. The SMILES string of the molecule is CCCCCc1ccc(O)cc1CNCC(O)O. The van der Waals surface area contributed by atoms with Crippen LogP contribution >= 0.6 is 0 Å². The second kappa shape index (κ2) is 8.08. The lowest BCUT2D eigenvalue weighted by atomic mass is 10.0. The molecule has 1 aromatic carbocycles. The molecule has 0 fully saturated rings. The Kier molecular flexibility index (Phi) is 6.72. The number of nitrogens with one attached hydrogen (secondary N) is 1. The van der Waals surface area contributed by atoms with Crippen LogP contribution in [0.1, 0.15) is 37.3 Å². The predicted molar refractivity (Wildman–Crippen MR) is 71.3 cm³/mol. The quantitative estimate of drug-likeness (QED) is 0.419. The fourth-order valence-electron chi connectivity index (χ4n) is 1.92. The van der Waals surface area contributed by atoms with Gasteiger partial charge in [-0.15, -0.1) is 0 Å². The number of aliphatic hydroxyl groups excluding tert-OH is 1. The minimum atomic E-state index is -1.34. The molecule has 0 atom stereocenters. The molecule has 0 aromatic heterocycles. The number of phenols is 1. The van der Waals surface area contributed by atoms with Crippen molar-refractivity contribution in [2.75, 3.05) is 6.54 Å². The van der Waals surface area contributed by atoms with E-state index in [2.05, 4.69) is 12.2 Å². The number of aryl methyl sites for hydroxylation is 1. The molecule has 0 heterocycles. The Morgan fingerprint density at radius 3 is 2.61 bits per heavy atom. The maximum atomic E-state index is 9.49. The minimum Gasteiger partial charge on any atom is -0.508 e. The van der Waals surface area contributed by atoms with Crippen molar-refractivity contribution in [2.24, 2.45) is 0 Å². The van der Waals surface area contributed by atoms with Crippen LogP contribution in [0.5, 0.6) is 5.75 Å². The largest absolute Gasteiger partial charge is 0.508 e. The van der Waals surface area contributed by atoms with E-state index in [1.54, 1.807) is 12.1 Å². The molecule has 0 saturated carbocycles. The van der Waals surface area contributed by atoms with Gasteiger partial charge >= 0.3 is 0 Å². The second-order valence-electron chi connectivity index (χ2n) is 4.52. The Labute approximate surface area is 108 Å². The molecule has 4 nitrogen and oxygen atoms in total. The predicted octanol–water partition coefficient (Wildman–Crippen LogP) is 1.53. The van der Waals surface area contributed by atoms with Gasteiger partial charge < -0.3 is 20.6 Å². The van der Waals surface area contributed by atoms with E-state index in [1.807, 2.05) is 6.07 Å². The molecule has 4 heteroatoms. The van der Waals surface area contributed by atoms with E-state index >= 15 is 0 Å². The first-order valence-corrected chi connectivity index (χ1v) is 6.51. The number of unbranched alkanes of at least 4 members (excludes halogenated alkanes) is 2. The summed E-state index contributed by atoms with van der Waals surface area (Å²) in [5.74, 6) is 0.246. The van der Waals surface area contributed by atoms with E-state index in [0.29, 0.717) is 6.54 Å². The van der Waals surface area contributed by atoms with Crippen LogP contribution in [0, 0.1) is 0 Å². The number of benzene rings is 1. The van der Waals surface area contributed by atoms with Crippen molar-refractivity contribution in [1.29, 1.82) is 0 Å². The maximum absolute atomic E-state index is 9.49. The number of hydrogen-bond donors (Lipinski definition) is 4. The first-order chi connectivity index (χ1) is 8.63. The van der Waals surface area contributed by atoms with Gasteiger partial charge in [0.1, 0.15) is 5.75 Å². The van der Waals surface area contributed by atoms with Gasteiger partial charge in [0.2, 0.25) is 0 Å². The molecule has 4 N–H and O–H groups in total. The molecule has 0 aliphatic heterocycles. The zero-order valence-electron chi connectivity index (χ0n) is 10.9. The molecule has 0 spiro atoms. The van der Waals surface area contributed by atoms with Crippen LogP contribution in [0.2, 0.25) is 0 Å². The molecule has 0 unspecified atom stereocenters. The van der Waals surface area contributed by atoms with Gasteiger partial charge in [0.15, 0.2) is 6.29 Å². The highest BCUT2D eigenvalue weighted by atomic mass is 16.5. The Balaban J connectivity index is 2.58. The summed E-state index contributed by atoms with van der Waals surface area (Å²) in [6.07, 6.45) is 3.17. The van der Waals surface area contributed by atoms with Crippen LogP contribution in [0.4, 0.5) is 0 Å². The van der Waals surface area contributed by atoms with Gasteiger partial charge in [-0.1, -0.05) is 25.8 Å².